The van der Waals surface area contributed by atoms with Gasteiger partial charge in [-0.2, -0.15) is 0 Å². The summed E-state index contributed by atoms with van der Waals surface area (Å²) < 4.78 is 5.29. The Morgan fingerprint density at radius 3 is 2.76 bits per heavy atom. The van der Waals surface area contributed by atoms with Gasteiger partial charge in [0.1, 0.15) is 0 Å². The molecule has 1 rings (SSSR count). The largest absolute Gasteiger partial charge is 0.382 e. The SMILES string of the molecule is CCOCCCNC(=NC)NCCc1ccncc1C.I. The molecule has 0 amide bonds. The van der Waals surface area contributed by atoms with Crippen LogP contribution in [0.25, 0.3) is 0 Å². The first kappa shape index (κ1) is 20.1. The van der Waals surface area contributed by atoms with Crippen molar-refractivity contribution in [1.82, 2.24) is 15.6 Å². The molecule has 0 aromatic carbocycles. The van der Waals surface area contributed by atoms with Gasteiger partial charge in [-0.25, -0.2) is 0 Å². The number of aliphatic imine (C=N–C) groups is 1. The van der Waals surface area contributed by atoms with E-state index in [1.54, 1.807) is 7.05 Å². The van der Waals surface area contributed by atoms with E-state index in [4.69, 9.17) is 4.74 Å². The Labute approximate surface area is 145 Å². The fourth-order valence-corrected chi connectivity index (χ4v) is 1.84. The Hall–Kier alpha value is -0.890. The Bertz CT molecular complexity index is 412. The highest BCUT2D eigenvalue weighted by atomic mass is 127. The summed E-state index contributed by atoms with van der Waals surface area (Å²) in [6.07, 6.45) is 5.69. The van der Waals surface area contributed by atoms with E-state index in [1.807, 2.05) is 19.3 Å². The number of hydrogen-bond donors (Lipinski definition) is 2. The van der Waals surface area contributed by atoms with Crippen molar-refractivity contribution in [3.63, 3.8) is 0 Å². The molecule has 0 radical (unpaired) electrons. The fourth-order valence-electron chi connectivity index (χ4n) is 1.84. The molecule has 1 aromatic heterocycles. The quantitative estimate of drug-likeness (QED) is 0.301. The van der Waals surface area contributed by atoms with E-state index in [0.29, 0.717) is 0 Å². The average molecular weight is 406 g/mol. The maximum Gasteiger partial charge on any atom is 0.190 e. The average Bonchev–Trinajstić information content (AvgIpc) is 2.47. The Morgan fingerprint density at radius 2 is 2.10 bits per heavy atom. The lowest BCUT2D eigenvalue weighted by Crippen LogP contribution is -2.39. The third-order valence-electron chi connectivity index (χ3n) is 3.01. The van der Waals surface area contributed by atoms with E-state index in [-0.39, 0.29) is 24.0 Å². The van der Waals surface area contributed by atoms with Gasteiger partial charge < -0.3 is 15.4 Å². The molecule has 0 aliphatic heterocycles. The molecular formula is C15H27IN4O. The zero-order valence-electron chi connectivity index (χ0n) is 13.2. The maximum absolute atomic E-state index is 5.29. The molecule has 0 bridgehead atoms. The zero-order valence-corrected chi connectivity index (χ0v) is 15.5. The predicted octanol–water partition coefficient (Wildman–Crippen LogP) is 2.14. The van der Waals surface area contributed by atoms with Crippen molar-refractivity contribution < 1.29 is 4.74 Å². The first-order valence-electron chi connectivity index (χ1n) is 7.19. The van der Waals surface area contributed by atoms with Crippen molar-refractivity contribution in [3.05, 3.63) is 29.6 Å². The molecule has 120 valence electrons. The number of guanidine groups is 1. The van der Waals surface area contributed by atoms with Crippen molar-refractivity contribution in [2.75, 3.05) is 33.4 Å². The van der Waals surface area contributed by atoms with Crippen LogP contribution in [0.3, 0.4) is 0 Å². The van der Waals surface area contributed by atoms with Crippen LogP contribution in [0.1, 0.15) is 24.5 Å². The van der Waals surface area contributed by atoms with Crippen molar-refractivity contribution in [1.29, 1.82) is 0 Å². The van der Waals surface area contributed by atoms with Crippen LogP contribution >= 0.6 is 24.0 Å². The first-order chi connectivity index (χ1) is 9.77. The summed E-state index contributed by atoms with van der Waals surface area (Å²) in [6.45, 7) is 7.39. The smallest absolute Gasteiger partial charge is 0.190 e. The van der Waals surface area contributed by atoms with Crippen LogP contribution in [0.5, 0.6) is 0 Å². The number of rotatable bonds is 8. The highest BCUT2D eigenvalue weighted by Crippen LogP contribution is 2.04. The Kier molecular flexibility index (Phi) is 12.3. The van der Waals surface area contributed by atoms with Crippen molar-refractivity contribution in [2.45, 2.75) is 26.7 Å². The normalized spacial score (nSPS) is 10.9. The van der Waals surface area contributed by atoms with Gasteiger partial charge in [-0.1, -0.05) is 0 Å². The lowest BCUT2D eigenvalue weighted by Gasteiger charge is -2.12. The molecule has 0 saturated heterocycles. The van der Waals surface area contributed by atoms with Gasteiger partial charge in [-0.15, -0.1) is 24.0 Å². The number of halogens is 1. The number of nitrogens with zero attached hydrogens (tertiary/aromatic N) is 2. The van der Waals surface area contributed by atoms with Crippen molar-refractivity contribution in [3.8, 4) is 0 Å². The molecule has 1 aromatic rings. The molecule has 0 fully saturated rings. The molecule has 0 unspecified atom stereocenters. The van der Waals surface area contributed by atoms with Crippen LogP contribution in [0.2, 0.25) is 0 Å². The molecule has 0 atom stereocenters. The number of hydrogen-bond acceptors (Lipinski definition) is 3. The van der Waals surface area contributed by atoms with Crippen molar-refractivity contribution >= 4 is 29.9 Å². The summed E-state index contributed by atoms with van der Waals surface area (Å²) in [5, 5.41) is 6.59. The highest BCUT2D eigenvalue weighted by Gasteiger charge is 1.99. The third-order valence-corrected chi connectivity index (χ3v) is 3.01. The van der Waals surface area contributed by atoms with Crippen LogP contribution in [0, 0.1) is 6.92 Å². The number of nitrogens with one attached hydrogen (secondary N) is 2. The minimum absolute atomic E-state index is 0. The van der Waals surface area contributed by atoms with Crippen molar-refractivity contribution in [2.24, 2.45) is 4.99 Å². The first-order valence-corrected chi connectivity index (χ1v) is 7.19. The second kappa shape index (κ2) is 12.8. The molecule has 0 aliphatic carbocycles. The molecule has 6 heteroatoms. The predicted molar refractivity (Wildman–Crippen MR) is 98.6 cm³/mol. The van der Waals surface area contributed by atoms with Crippen LogP contribution in [-0.4, -0.2) is 44.3 Å². The molecule has 0 saturated carbocycles. The number of ether oxygens (including phenoxy) is 1. The second-order valence-electron chi connectivity index (χ2n) is 4.53. The second-order valence-corrected chi connectivity index (χ2v) is 4.53. The van der Waals surface area contributed by atoms with E-state index >= 15 is 0 Å². The van der Waals surface area contributed by atoms with Gasteiger partial charge in [-0.3, -0.25) is 9.98 Å². The summed E-state index contributed by atoms with van der Waals surface area (Å²) in [5.41, 5.74) is 2.55. The van der Waals surface area contributed by atoms with E-state index in [9.17, 15) is 0 Å². The fraction of sp³-hybridized carbons (Fsp3) is 0.600. The van der Waals surface area contributed by atoms with Crippen LogP contribution in [-0.2, 0) is 11.2 Å². The zero-order chi connectivity index (χ0) is 14.6. The maximum atomic E-state index is 5.29. The van der Waals surface area contributed by atoms with Crippen LogP contribution in [0.4, 0.5) is 0 Å². The van der Waals surface area contributed by atoms with Crippen LogP contribution in [0.15, 0.2) is 23.5 Å². The Balaban J connectivity index is 0.00000400. The number of pyridine rings is 1. The standard InChI is InChI=1S/C15H26N4O.HI/c1-4-20-11-5-8-18-15(16-3)19-10-7-14-6-9-17-12-13(14)2;/h6,9,12H,4-5,7-8,10-11H2,1-3H3,(H2,16,18,19);1H. The highest BCUT2D eigenvalue weighted by molar-refractivity contribution is 14.0. The summed E-state index contributed by atoms with van der Waals surface area (Å²) in [5.74, 6) is 0.841. The molecule has 21 heavy (non-hydrogen) atoms. The molecule has 1 heterocycles. The minimum Gasteiger partial charge on any atom is -0.382 e. The topological polar surface area (TPSA) is 58.5 Å². The lowest BCUT2D eigenvalue weighted by atomic mass is 10.1. The van der Waals surface area contributed by atoms with Crippen LogP contribution < -0.4 is 10.6 Å². The van der Waals surface area contributed by atoms with E-state index in [0.717, 1.165) is 45.1 Å². The van der Waals surface area contributed by atoms with Gasteiger partial charge in [0.2, 0.25) is 0 Å². The summed E-state index contributed by atoms with van der Waals surface area (Å²) >= 11 is 0. The van der Waals surface area contributed by atoms with E-state index in [2.05, 4.69) is 33.6 Å². The molecule has 2 N–H and O–H groups in total. The molecular weight excluding hydrogens is 379 g/mol. The molecule has 5 nitrogen and oxygen atoms in total. The lowest BCUT2D eigenvalue weighted by molar-refractivity contribution is 0.145. The van der Waals surface area contributed by atoms with Gasteiger partial charge in [0.05, 0.1) is 0 Å². The van der Waals surface area contributed by atoms with Gasteiger partial charge in [-0.05, 0) is 43.9 Å². The van der Waals surface area contributed by atoms with Gasteiger partial charge in [0.15, 0.2) is 5.96 Å². The van der Waals surface area contributed by atoms with Gasteiger partial charge >= 0.3 is 0 Å². The monoisotopic (exact) mass is 406 g/mol. The number of aryl methyl sites for hydroxylation is 1. The number of aromatic nitrogens is 1. The minimum atomic E-state index is 0. The Morgan fingerprint density at radius 1 is 1.33 bits per heavy atom. The molecule has 0 spiro atoms. The van der Waals surface area contributed by atoms with Gasteiger partial charge in [0, 0.05) is 45.7 Å². The summed E-state index contributed by atoms with van der Waals surface area (Å²) in [6, 6.07) is 2.06. The third kappa shape index (κ3) is 8.87. The van der Waals surface area contributed by atoms with Gasteiger partial charge in [0.25, 0.3) is 0 Å². The molecule has 0 aliphatic rings. The van der Waals surface area contributed by atoms with E-state index < -0.39 is 0 Å². The summed E-state index contributed by atoms with van der Waals surface area (Å²) in [7, 11) is 1.79. The summed E-state index contributed by atoms with van der Waals surface area (Å²) in [4.78, 5) is 8.30. The van der Waals surface area contributed by atoms with E-state index in [1.165, 1.54) is 11.1 Å².